The maximum Gasteiger partial charge on any atom is 0.127 e. The Balaban J connectivity index is 3.08. The van der Waals surface area contributed by atoms with E-state index in [9.17, 15) is 14.3 Å². The monoisotopic (exact) mass is 196 g/mol. The number of aromatic hydroxyl groups is 1. The van der Waals surface area contributed by atoms with Gasteiger partial charge in [-0.25, -0.2) is 4.39 Å². The molecule has 0 heterocycles. The average molecular weight is 196 g/mol. The molecule has 0 fully saturated rings. The summed E-state index contributed by atoms with van der Waals surface area (Å²) in [4.78, 5) is 10.3. The molecule has 1 rings (SSSR count). The van der Waals surface area contributed by atoms with Crippen molar-refractivity contribution in [3.8, 4) is 5.75 Å². The fourth-order valence-corrected chi connectivity index (χ4v) is 1.33. The number of rotatable bonds is 3. The Kier molecular flexibility index (Phi) is 3.23. The van der Waals surface area contributed by atoms with Gasteiger partial charge in [0.15, 0.2) is 0 Å². The minimum absolute atomic E-state index is 0.0687. The summed E-state index contributed by atoms with van der Waals surface area (Å²) in [6.07, 6.45) is 1.01. The largest absolute Gasteiger partial charge is 0.508 e. The van der Waals surface area contributed by atoms with Crippen molar-refractivity contribution in [3.63, 3.8) is 0 Å². The summed E-state index contributed by atoms with van der Waals surface area (Å²) < 4.78 is 13.4. The zero-order chi connectivity index (χ0) is 10.7. The van der Waals surface area contributed by atoms with Crippen molar-refractivity contribution >= 4 is 6.29 Å². The van der Waals surface area contributed by atoms with Gasteiger partial charge in [0.25, 0.3) is 0 Å². The number of phenolic OH excluding ortho intramolecular Hbond substituents is 1. The summed E-state index contributed by atoms with van der Waals surface area (Å²) in [7, 11) is 0. The first-order chi connectivity index (χ1) is 6.56. The number of aryl methyl sites for hydroxylation is 1. The van der Waals surface area contributed by atoms with E-state index in [0.29, 0.717) is 11.1 Å². The average Bonchev–Trinajstić information content (AvgIpc) is 2.11. The molecule has 1 aromatic rings. The predicted molar refractivity (Wildman–Crippen MR) is 51.9 cm³/mol. The Morgan fingerprint density at radius 2 is 2.21 bits per heavy atom. The first-order valence-corrected chi connectivity index (χ1v) is 4.49. The zero-order valence-electron chi connectivity index (χ0n) is 8.25. The molecule has 0 aliphatic rings. The lowest BCUT2D eigenvalue weighted by Gasteiger charge is -2.11. The molecule has 0 aliphatic carbocycles. The quantitative estimate of drug-likeness (QED) is 0.754. The zero-order valence-corrected chi connectivity index (χ0v) is 8.25. The topological polar surface area (TPSA) is 37.3 Å². The molecule has 0 aliphatic heterocycles. The van der Waals surface area contributed by atoms with Crippen LogP contribution in [0.4, 0.5) is 4.39 Å². The van der Waals surface area contributed by atoms with Crippen molar-refractivity contribution in [1.82, 2.24) is 0 Å². The van der Waals surface area contributed by atoms with Gasteiger partial charge in [-0.1, -0.05) is 6.92 Å². The molecule has 76 valence electrons. The summed E-state index contributed by atoms with van der Waals surface area (Å²) in [6, 6.07) is 2.67. The molecule has 1 atom stereocenters. The Hall–Kier alpha value is -1.38. The fourth-order valence-electron chi connectivity index (χ4n) is 1.33. The Morgan fingerprint density at radius 1 is 1.57 bits per heavy atom. The molecular weight excluding hydrogens is 183 g/mol. The van der Waals surface area contributed by atoms with Crippen LogP contribution >= 0.6 is 0 Å². The van der Waals surface area contributed by atoms with Crippen LogP contribution in [0.15, 0.2) is 12.1 Å². The highest BCUT2D eigenvalue weighted by Gasteiger charge is 2.12. The van der Waals surface area contributed by atoms with Crippen LogP contribution in [-0.4, -0.2) is 11.4 Å². The van der Waals surface area contributed by atoms with E-state index >= 15 is 0 Å². The van der Waals surface area contributed by atoms with Crippen LogP contribution in [0.2, 0.25) is 0 Å². The van der Waals surface area contributed by atoms with Crippen LogP contribution in [0, 0.1) is 12.7 Å². The van der Waals surface area contributed by atoms with Gasteiger partial charge in [0, 0.05) is 6.42 Å². The Bertz CT molecular complexity index is 347. The van der Waals surface area contributed by atoms with E-state index in [1.54, 1.807) is 13.8 Å². The lowest BCUT2D eigenvalue weighted by molar-refractivity contribution is -0.108. The molecule has 0 amide bonds. The fraction of sp³-hybridized carbons (Fsp3) is 0.364. The smallest absolute Gasteiger partial charge is 0.127 e. The number of carbonyl (C=O) groups is 1. The highest BCUT2D eigenvalue weighted by molar-refractivity contribution is 5.52. The lowest BCUT2D eigenvalue weighted by atomic mass is 9.96. The van der Waals surface area contributed by atoms with E-state index in [2.05, 4.69) is 0 Å². The van der Waals surface area contributed by atoms with Gasteiger partial charge >= 0.3 is 0 Å². The van der Waals surface area contributed by atoms with Crippen LogP contribution in [0.1, 0.15) is 30.4 Å². The molecule has 0 saturated heterocycles. The molecule has 0 radical (unpaired) electrons. The molecule has 1 aromatic carbocycles. The number of hydrogen-bond donors (Lipinski definition) is 1. The van der Waals surface area contributed by atoms with Gasteiger partial charge in [-0.15, -0.1) is 0 Å². The van der Waals surface area contributed by atoms with Gasteiger partial charge in [0.1, 0.15) is 17.9 Å². The van der Waals surface area contributed by atoms with Crippen LogP contribution in [0.5, 0.6) is 5.75 Å². The predicted octanol–water partition coefficient (Wildman–Crippen LogP) is 2.53. The van der Waals surface area contributed by atoms with Gasteiger partial charge in [0.05, 0.1) is 0 Å². The summed E-state index contributed by atoms with van der Waals surface area (Å²) in [5.41, 5.74) is 0.893. The second kappa shape index (κ2) is 4.22. The highest BCUT2D eigenvalue weighted by atomic mass is 19.1. The minimum atomic E-state index is -0.366. The molecule has 3 heteroatoms. The Morgan fingerprint density at radius 3 is 2.79 bits per heavy atom. The molecule has 2 nitrogen and oxygen atoms in total. The number of aldehydes is 1. The SMILES string of the molecule is Cc1cc(F)c(C(C)CC=O)cc1O. The van der Waals surface area contributed by atoms with Gasteiger partial charge < -0.3 is 9.90 Å². The Labute approximate surface area is 82.4 Å². The van der Waals surface area contributed by atoms with Crippen molar-refractivity contribution in [2.75, 3.05) is 0 Å². The van der Waals surface area contributed by atoms with E-state index in [1.807, 2.05) is 0 Å². The summed E-state index contributed by atoms with van der Waals surface area (Å²) in [6.45, 7) is 3.38. The van der Waals surface area contributed by atoms with Gasteiger partial charge in [0.2, 0.25) is 0 Å². The van der Waals surface area contributed by atoms with E-state index in [0.717, 1.165) is 6.29 Å². The van der Waals surface area contributed by atoms with Gasteiger partial charge in [-0.05, 0) is 36.1 Å². The molecule has 1 unspecified atom stereocenters. The van der Waals surface area contributed by atoms with Gasteiger partial charge in [-0.3, -0.25) is 0 Å². The molecule has 1 N–H and O–H groups in total. The van der Waals surface area contributed by atoms with Crippen LogP contribution in [0.3, 0.4) is 0 Å². The van der Waals surface area contributed by atoms with E-state index in [1.165, 1.54) is 12.1 Å². The summed E-state index contributed by atoms with van der Waals surface area (Å²) in [5.74, 6) is -0.493. The van der Waals surface area contributed by atoms with E-state index < -0.39 is 0 Å². The molecule has 0 aromatic heterocycles. The second-order valence-electron chi connectivity index (χ2n) is 3.46. The van der Waals surface area contributed by atoms with Crippen molar-refractivity contribution in [3.05, 3.63) is 29.1 Å². The molecule has 0 bridgehead atoms. The first-order valence-electron chi connectivity index (χ1n) is 4.49. The maximum atomic E-state index is 13.4. The summed E-state index contributed by atoms with van der Waals surface area (Å²) in [5, 5.41) is 9.39. The molecular formula is C11H13FO2. The second-order valence-corrected chi connectivity index (χ2v) is 3.46. The number of halogens is 1. The van der Waals surface area contributed by atoms with Crippen molar-refractivity contribution in [2.45, 2.75) is 26.2 Å². The van der Waals surface area contributed by atoms with E-state index in [-0.39, 0.29) is 23.9 Å². The standard InChI is InChI=1S/C11H13FO2/c1-7(3-4-13)9-6-11(14)8(2)5-10(9)12/h4-7,14H,3H2,1-2H3. The highest BCUT2D eigenvalue weighted by Crippen LogP contribution is 2.27. The lowest BCUT2D eigenvalue weighted by Crippen LogP contribution is -1.98. The van der Waals surface area contributed by atoms with E-state index in [4.69, 9.17) is 0 Å². The molecule has 0 saturated carbocycles. The molecule has 14 heavy (non-hydrogen) atoms. The van der Waals surface area contributed by atoms with Crippen LogP contribution in [-0.2, 0) is 4.79 Å². The third-order valence-electron chi connectivity index (χ3n) is 2.30. The van der Waals surface area contributed by atoms with Gasteiger partial charge in [-0.2, -0.15) is 0 Å². The summed E-state index contributed by atoms with van der Waals surface area (Å²) >= 11 is 0. The minimum Gasteiger partial charge on any atom is -0.508 e. The van der Waals surface area contributed by atoms with Crippen molar-refractivity contribution < 1.29 is 14.3 Å². The number of phenols is 1. The number of carbonyl (C=O) groups excluding carboxylic acids is 1. The number of benzene rings is 1. The maximum absolute atomic E-state index is 13.4. The number of hydrogen-bond acceptors (Lipinski definition) is 2. The van der Waals surface area contributed by atoms with Crippen LogP contribution in [0.25, 0.3) is 0 Å². The third kappa shape index (κ3) is 2.10. The third-order valence-corrected chi connectivity index (χ3v) is 2.30. The molecule has 0 spiro atoms. The van der Waals surface area contributed by atoms with Crippen molar-refractivity contribution in [2.24, 2.45) is 0 Å². The van der Waals surface area contributed by atoms with Crippen molar-refractivity contribution in [1.29, 1.82) is 0 Å². The first kappa shape index (κ1) is 10.7. The normalized spacial score (nSPS) is 12.5. The van der Waals surface area contributed by atoms with Crippen LogP contribution < -0.4 is 0 Å².